The van der Waals surface area contributed by atoms with Gasteiger partial charge in [0.05, 0.1) is 11.0 Å². The molecule has 1 aromatic heterocycles. The Morgan fingerprint density at radius 2 is 2.10 bits per heavy atom. The fourth-order valence-corrected chi connectivity index (χ4v) is 1.86. The third-order valence-electron chi connectivity index (χ3n) is 2.53. The van der Waals surface area contributed by atoms with Crippen molar-refractivity contribution >= 4 is 39.3 Å². The maximum atomic E-state index is 11.0. The number of nitrogens with two attached hydrogens (primary N) is 1. The van der Waals surface area contributed by atoms with E-state index in [2.05, 4.69) is 42.5 Å². The van der Waals surface area contributed by atoms with Crippen LogP contribution in [-0.2, 0) is 0 Å². The second kappa shape index (κ2) is 6.72. The molecule has 21 heavy (non-hydrogen) atoms. The van der Waals surface area contributed by atoms with Gasteiger partial charge in [-0.15, -0.1) is 6.42 Å². The number of hydrogen-bond donors (Lipinski definition) is 3. The summed E-state index contributed by atoms with van der Waals surface area (Å²) in [6.07, 6.45) is 6.82. The smallest absolute Gasteiger partial charge is 0.248 e. The molecule has 2 rings (SSSR count). The number of amides is 1. The van der Waals surface area contributed by atoms with Gasteiger partial charge in [-0.05, 0) is 40.2 Å². The van der Waals surface area contributed by atoms with Crippen LogP contribution in [0.3, 0.4) is 0 Å². The van der Waals surface area contributed by atoms with Crippen LogP contribution in [0.4, 0.5) is 17.5 Å². The first kappa shape index (κ1) is 14.8. The van der Waals surface area contributed by atoms with Gasteiger partial charge in [0, 0.05) is 17.4 Å². The molecule has 4 N–H and O–H groups in total. The second-order valence-corrected chi connectivity index (χ2v) is 4.87. The van der Waals surface area contributed by atoms with E-state index >= 15 is 0 Å². The number of anilines is 3. The highest BCUT2D eigenvalue weighted by Gasteiger charge is 2.05. The van der Waals surface area contributed by atoms with E-state index in [1.807, 2.05) is 0 Å². The van der Waals surface area contributed by atoms with E-state index in [4.69, 9.17) is 12.2 Å². The third-order valence-corrected chi connectivity index (χ3v) is 3.11. The first-order valence-electron chi connectivity index (χ1n) is 5.97. The van der Waals surface area contributed by atoms with E-state index in [1.54, 1.807) is 30.5 Å². The SMILES string of the molecule is C#CCNc1nc(Nc2ccc(C(N)=O)cc2)ncc1Br. The van der Waals surface area contributed by atoms with Crippen LogP contribution in [0.25, 0.3) is 0 Å². The standard InChI is InChI=1S/C14H12BrN5O/c1-2-7-17-13-11(15)8-18-14(20-13)19-10-5-3-9(4-6-10)12(16)21/h1,3-6,8H,7H2,(H2,16,21)(H2,17,18,19,20). The summed E-state index contributed by atoms with van der Waals surface area (Å²) in [4.78, 5) is 19.4. The molecule has 1 amide bonds. The normalized spacial score (nSPS) is 9.71. The van der Waals surface area contributed by atoms with Crippen molar-refractivity contribution in [3.63, 3.8) is 0 Å². The molecular weight excluding hydrogens is 334 g/mol. The molecule has 0 aliphatic rings. The van der Waals surface area contributed by atoms with Crippen molar-refractivity contribution in [1.29, 1.82) is 0 Å². The number of rotatable bonds is 5. The summed E-state index contributed by atoms with van der Waals surface area (Å²) >= 11 is 3.34. The van der Waals surface area contributed by atoms with Gasteiger partial charge < -0.3 is 16.4 Å². The topological polar surface area (TPSA) is 92.9 Å². The van der Waals surface area contributed by atoms with Crippen LogP contribution in [0.1, 0.15) is 10.4 Å². The number of terminal acetylenes is 1. The predicted molar refractivity (Wildman–Crippen MR) is 85.3 cm³/mol. The van der Waals surface area contributed by atoms with Crippen molar-refractivity contribution in [2.75, 3.05) is 17.2 Å². The van der Waals surface area contributed by atoms with E-state index in [-0.39, 0.29) is 0 Å². The summed E-state index contributed by atoms with van der Waals surface area (Å²) in [6.45, 7) is 0.363. The highest BCUT2D eigenvalue weighted by atomic mass is 79.9. The lowest BCUT2D eigenvalue weighted by Gasteiger charge is -2.09. The predicted octanol–water partition coefficient (Wildman–Crippen LogP) is 2.13. The van der Waals surface area contributed by atoms with Gasteiger partial charge in [-0.25, -0.2) is 4.98 Å². The quantitative estimate of drug-likeness (QED) is 0.722. The average Bonchev–Trinajstić information content (AvgIpc) is 2.48. The summed E-state index contributed by atoms with van der Waals surface area (Å²) in [7, 11) is 0. The van der Waals surface area contributed by atoms with E-state index in [0.717, 1.165) is 5.69 Å². The molecule has 106 valence electrons. The first-order chi connectivity index (χ1) is 10.1. The summed E-state index contributed by atoms with van der Waals surface area (Å²) in [5, 5.41) is 6.00. The molecule has 0 spiro atoms. The fourth-order valence-electron chi connectivity index (χ4n) is 1.53. The Kier molecular flexibility index (Phi) is 4.74. The van der Waals surface area contributed by atoms with Gasteiger partial charge in [0.1, 0.15) is 5.82 Å². The van der Waals surface area contributed by atoms with Crippen LogP contribution >= 0.6 is 15.9 Å². The van der Waals surface area contributed by atoms with Crippen molar-refractivity contribution in [1.82, 2.24) is 9.97 Å². The van der Waals surface area contributed by atoms with Gasteiger partial charge in [0.15, 0.2) is 0 Å². The van der Waals surface area contributed by atoms with Gasteiger partial charge >= 0.3 is 0 Å². The number of hydrogen-bond acceptors (Lipinski definition) is 5. The number of aromatic nitrogens is 2. The van der Waals surface area contributed by atoms with Gasteiger partial charge in [0.2, 0.25) is 11.9 Å². The zero-order chi connectivity index (χ0) is 15.2. The number of primary amides is 1. The molecule has 1 heterocycles. The van der Waals surface area contributed by atoms with E-state index in [1.165, 1.54) is 0 Å². The second-order valence-electron chi connectivity index (χ2n) is 4.01. The number of nitrogens with one attached hydrogen (secondary N) is 2. The molecular formula is C14H12BrN5O. The van der Waals surface area contributed by atoms with Crippen molar-refractivity contribution in [3.05, 3.63) is 40.5 Å². The zero-order valence-electron chi connectivity index (χ0n) is 10.9. The van der Waals surface area contributed by atoms with Crippen LogP contribution in [0.2, 0.25) is 0 Å². The molecule has 0 aliphatic carbocycles. The highest BCUT2D eigenvalue weighted by Crippen LogP contribution is 2.21. The highest BCUT2D eigenvalue weighted by molar-refractivity contribution is 9.10. The zero-order valence-corrected chi connectivity index (χ0v) is 12.5. The molecule has 0 bridgehead atoms. The molecule has 2 aromatic rings. The molecule has 0 saturated heterocycles. The van der Waals surface area contributed by atoms with E-state index < -0.39 is 5.91 Å². The molecule has 0 saturated carbocycles. The summed E-state index contributed by atoms with van der Waals surface area (Å²) in [5.41, 5.74) is 6.37. The molecule has 6 nitrogen and oxygen atoms in total. The van der Waals surface area contributed by atoms with Crippen LogP contribution in [-0.4, -0.2) is 22.4 Å². The first-order valence-corrected chi connectivity index (χ1v) is 6.76. The Morgan fingerprint density at radius 3 is 2.71 bits per heavy atom. The largest absolute Gasteiger partial charge is 0.366 e. The minimum Gasteiger partial charge on any atom is -0.366 e. The number of carbonyl (C=O) groups excluding carboxylic acids is 1. The Morgan fingerprint density at radius 1 is 1.38 bits per heavy atom. The molecule has 0 radical (unpaired) electrons. The molecule has 0 unspecified atom stereocenters. The lowest BCUT2D eigenvalue weighted by Crippen LogP contribution is -2.10. The summed E-state index contributed by atoms with van der Waals surface area (Å²) in [5.74, 6) is 3.01. The number of nitrogens with zero attached hydrogens (tertiary/aromatic N) is 2. The van der Waals surface area contributed by atoms with Crippen LogP contribution in [0.15, 0.2) is 34.9 Å². The molecule has 0 atom stereocenters. The maximum absolute atomic E-state index is 11.0. The van der Waals surface area contributed by atoms with Crippen molar-refractivity contribution in [2.45, 2.75) is 0 Å². The van der Waals surface area contributed by atoms with Gasteiger partial charge in [-0.3, -0.25) is 4.79 Å². The van der Waals surface area contributed by atoms with Crippen molar-refractivity contribution in [3.8, 4) is 12.3 Å². The Labute approximate surface area is 130 Å². The third kappa shape index (κ3) is 3.94. The molecule has 0 aliphatic heterocycles. The Hall–Kier alpha value is -2.59. The van der Waals surface area contributed by atoms with E-state index in [0.29, 0.717) is 28.3 Å². The summed E-state index contributed by atoms with van der Waals surface area (Å²) in [6, 6.07) is 6.70. The van der Waals surface area contributed by atoms with Crippen molar-refractivity contribution in [2.24, 2.45) is 5.73 Å². The van der Waals surface area contributed by atoms with E-state index in [9.17, 15) is 4.79 Å². The molecule has 0 fully saturated rings. The van der Waals surface area contributed by atoms with Gasteiger partial charge in [-0.1, -0.05) is 5.92 Å². The lowest BCUT2D eigenvalue weighted by atomic mass is 10.2. The van der Waals surface area contributed by atoms with Crippen LogP contribution in [0.5, 0.6) is 0 Å². The number of benzene rings is 1. The molecule has 1 aromatic carbocycles. The fraction of sp³-hybridized carbons (Fsp3) is 0.0714. The van der Waals surface area contributed by atoms with Crippen LogP contribution in [0, 0.1) is 12.3 Å². The number of halogens is 1. The lowest BCUT2D eigenvalue weighted by molar-refractivity contribution is 0.100. The minimum absolute atomic E-state index is 0.363. The Bertz CT molecular complexity index is 694. The maximum Gasteiger partial charge on any atom is 0.248 e. The monoisotopic (exact) mass is 345 g/mol. The number of carbonyl (C=O) groups is 1. The summed E-state index contributed by atoms with van der Waals surface area (Å²) < 4.78 is 0.715. The van der Waals surface area contributed by atoms with Gasteiger partial charge in [0.25, 0.3) is 0 Å². The Balaban J connectivity index is 2.15. The van der Waals surface area contributed by atoms with Crippen molar-refractivity contribution < 1.29 is 4.79 Å². The van der Waals surface area contributed by atoms with Crippen LogP contribution < -0.4 is 16.4 Å². The molecule has 7 heteroatoms. The van der Waals surface area contributed by atoms with Gasteiger partial charge in [-0.2, -0.15) is 4.98 Å². The average molecular weight is 346 g/mol. The minimum atomic E-state index is -0.470.